The van der Waals surface area contributed by atoms with Gasteiger partial charge in [0.05, 0.1) is 16.9 Å². The van der Waals surface area contributed by atoms with Gasteiger partial charge in [0, 0.05) is 6.54 Å². The molecular weight excluding hydrogens is 292 g/mol. The fourth-order valence-corrected chi connectivity index (χ4v) is 2.29. The summed E-state index contributed by atoms with van der Waals surface area (Å²) in [6.07, 6.45) is 4.04. The first-order valence-electron chi connectivity index (χ1n) is 4.77. The predicted octanol–water partition coefficient (Wildman–Crippen LogP) is 2.14. The molecule has 0 amide bonds. The summed E-state index contributed by atoms with van der Waals surface area (Å²) in [5, 5.41) is 7.81. The van der Waals surface area contributed by atoms with Crippen molar-refractivity contribution in [2.45, 2.75) is 19.9 Å². The van der Waals surface area contributed by atoms with Crippen LogP contribution >= 0.6 is 27.5 Å². The third-order valence-electron chi connectivity index (χ3n) is 2.03. The van der Waals surface area contributed by atoms with Crippen molar-refractivity contribution in [3.05, 3.63) is 27.4 Å². The molecule has 2 rings (SSSR count). The third-order valence-corrected chi connectivity index (χ3v) is 3.27. The largest absolute Gasteiger partial charge is 0.286 e. The van der Waals surface area contributed by atoms with Crippen molar-refractivity contribution >= 4 is 33.2 Å². The maximum Gasteiger partial charge on any atom is 0.225 e. The molecule has 2 aromatic rings. The minimum absolute atomic E-state index is 0.0900. The van der Waals surface area contributed by atoms with Crippen molar-refractivity contribution in [2.24, 2.45) is 0 Å². The summed E-state index contributed by atoms with van der Waals surface area (Å²) in [6, 6.07) is 0. The smallest absolute Gasteiger partial charge is 0.225 e. The van der Waals surface area contributed by atoms with Crippen molar-refractivity contribution in [3.8, 4) is 0 Å². The van der Waals surface area contributed by atoms with Crippen molar-refractivity contribution < 1.29 is 4.79 Å². The molecule has 84 valence electrons. The van der Waals surface area contributed by atoms with Gasteiger partial charge in [0.1, 0.15) is 10.6 Å². The van der Waals surface area contributed by atoms with Gasteiger partial charge in [-0.1, -0.05) is 11.4 Å². The van der Waals surface area contributed by atoms with Crippen LogP contribution in [-0.2, 0) is 6.54 Å². The Hall–Kier alpha value is -1.08. The van der Waals surface area contributed by atoms with Gasteiger partial charge < -0.3 is 0 Å². The molecule has 2 heterocycles. The first kappa shape index (κ1) is 11.4. The Morgan fingerprint density at radius 2 is 2.38 bits per heavy atom. The van der Waals surface area contributed by atoms with Crippen LogP contribution in [0.4, 0.5) is 0 Å². The lowest BCUT2D eigenvalue weighted by molar-refractivity contribution is 0.103. The van der Waals surface area contributed by atoms with E-state index in [4.69, 9.17) is 0 Å². The molecule has 0 saturated carbocycles. The van der Waals surface area contributed by atoms with E-state index in [-0.39, 0.29) is 5.78 Å². The molecule has 0 bridgehead atoms. The molecule has 7 heteroatoms. The summed E-state index contributed by atoms with van der Waals surface area (Å²) in [4.78, 5) is 12.7. The number of carbonyl (C=O) groups excluding carboxylic acids is 1. The molecule has 16 heavy (non-hydrogen) atoms. The van der Waals surface area contributed by atoms with Crippen molar-refractivity contribution in [3.63, 3.8) is 0 Å². The summed E-state index contributed by atoms with van der Waals surface area (Å²) in [7, 11) is 0. The van der Waals surface area contributed by atoms with Gasteiger partial charge in [-0.25, -0.2) is 0 Å². The Kier molecular flexibility index (Phi) is 3.45. The van der Waals surface area contributed by atoms with Gasteiger partial charge in [-0.15, -0.1) is 5.10 Å². The van der Waals surface area contributed by atoms with Crippen LogP contribution in [0.1, 0.15) is 28.7 Å². The SMILES string of the molecule is CCCn1ncc(Br)c1C(=O)c1cnns1. The number of aromatic nitrogens is 4. The first-order chi connectivity index (χ1) is 7.74. The number of rotatable bonds is 4. The van der Waals surface area contributed by atoms with Crippen molar-refractivity contribution in [2.75, 3.05) is 0 Å². The minimum Gasteiger partial charge on any atom is -0.286 e. The molecule has 5 nitrogen and oxygen atoms in total. The predicted molar refractivity (Wildman–Crippen MR) is 63.6 cm³/mol. The normalized spacial score (nSPS) is 10.6. The van der Waals surface area contributed by atoms with Crippen LogP contribution in [0.3, 0.4) is 0 Å². The average Bonchev–Trinajstić information content (AvgIpc) is 2.88. The van der Waals surface area contributed by atoms with E-state index in [1.807, 2.05) is 6.92 Å². The molecular formula is C9H9BrN4OS. The van der Waals surface area contributed by atoms with E-state index in [2.05, 4.69) is 30.6 Å². The Labute approximate surface area is 105 Å². The van der Waals surface area contributed by atoms with E-state index in [1.165, 1.54) is 6.20 Å². The van der Waals surface area contributed by atoms with Gasteiger partial charge >= 0.3 is 0 Å². The van der Waals surface area contributed by atoms with Gasteiger partial charge in [0.15, 0.2) is 0 Å². The van der Waals surface area contributed by atoms with Crippen LogP contribution in [0.2, 0.25) is 0 Å². The van der Waals surface area contributed by atoms with Crippen molar-refractivity contribution in [1.82, 2.24) is 19.4 Å². The molecule has 0 unspecified atom stereocenters. The Morgan fingerprint density at radius 3 is 3.00 bits per heavy atom. The summed E-state index contributed by atoms with van der Waals surface area (Å²) in [5.74, 6) is -0.0900. The summed E-state index contributed by atoms with van der Waals surface area (Å²) < 4.78 is 6.09. The molecule has 0 saturated heterocycles. The molecule has 2 aromatic heterocycles. The van der Waals surface area contributed by atoms with Gasteiger partial charge in [0.2, 0.25) is 5.78 Å². The second kappa shape index (κ2) is 4.84. The second-order valence-corrected chi connectivity index (χ2v) is 4.82. The number of hydrogen-bond acceptors (Lipinski definition) is 5. The van der Waals surface area contributed by atoms with Crippen LogP contribution in [-0.4, -0.2) is 25.2 Å². The van der Waals surface area contributed by atoms with E-state index < -0.39 is 0 Å². The third kappa shape index (κ3) is 2.05. The monoisotopic (exact) mass is 300 g/mol. The number of nitrogens with zero attached hydrogens (tertiary/aromatic N) is 4. The zero-order chi connectivity index (χ0) is 11.5. The van der Waals surface area contributed by atoms with Crippen LogP contribution in [0.15, 0.2) is 16.9 Å². The van der Waals surface area contributed by atoms with Gasteiger partial charge in [-0.05, 0) is 33.9 Å². The molecule has 0 aliphatic heterocycles. The fourth-order valence-electron chi connectivity index (χ4n) is 1.35. The van der Waals surface area contributed by atoms with Crippen LogP contribution in [0.25, 0.3) is 0 Å². The van der Waals surface area contributed by atoms with E-state index in [9.17, 15) is 4.79 Å². The molecule has 0 radical (unpaired) electrons. The molecule has 0 atom stereocenters. The lowest BCUT2D eigenvalue weighted by Gasteiger charge is -2.03. The number of halogens is 1. The lowest BCUT2D eigenvalue weighted by atomic mass is 10.2. The highest BCUT2D eigenvalue weighted by atomic mass is 79.9. The standard InChI is InChI=1S/C9H9BrN4OS/c1-2-3-14-8(6(10)4-12-14)9(15)7-5-11-13-16-7/h4-5H,2-3H2,1H3. The number of ketones is 1. The molecule has 0 aliphatic carbocycles. The van der Waals surface area contributed by atoms with Crippen LogP contribution in [0, 0.1) is 0 Å². The highest BCUT2D eigenvalue weighted by molar-refractivity contribution is 9.10. The zero-order valence-electron chi connectivity index (χ0n) is 8.55. The molecule has 0 N–H and O–H groups in total. The van der Waals surface area contributed by atoms with E-state index in [0.717, 1.165) is 24.5 Å². The lowest BCUT2D eigenvalue weighted by Crippen LogP contribution is -2.11. The number of hydrogen-bond donors (Lipinski definition) is 0. The van der Waals surface area contributed by atoms with Gasteiger partial charge in [-0.2, -0.15) is 5.10 Å². The zero-order valence-corrected chi connectivity index (χ0v) is 11.0. The van der Waals surface area contributed by atoms with E-state index in [1.54, 1.807) is 10.9 Å². The van der Waals surface area contributed by atoms with Gasteiger partial charge in [-0.3, -0.25) is 9.48 Å². The van der Waals surface area contributed by atoms with E-state index in [0.29, 0.717) is 15.0 Å². The molecule has 0 fully saturated rings. The van der Waals surface area contributed by atoms with Gasteiger partial charge in [0.25, 0.3) is 0 Å². The molecule has 0 aromatic carbocycles. The maximum absolute atomic E-state index is 12.1. The Morgan fingerprint density at radius 1 is 1.56 bits per heavy atom. The Balaban J connectivity index is 2.39. The van der Waals surface area contributed by atoms with E-state index >= 15 is 0 Å². The maximum atomic E-state index is 12.1. The number of aryl methyl sites for hydroxylation is 1. The first-order valence-corrected chi connectivity index (χ1v) is 6.34. The number of carbonyl (C=O) groups is 1. The topological polar surface area (TPSA) is 60.7 Å². The Bertz CT molecular complexity index is 494. The molecule has 0 aliphatic rings. The summed E-state index contributed by atoms with van der Waals surface area (Å²) in [5.41, 5.74) is 0.563. The highest BCUT2D eigenvalue weighted by Crippen LogP contribution is 2.21. The molecule has 0 spiro atoms. The second-order valence-electron chi connectivity index (χ2n) is 3.18. The van der Waals surface area contributed by atoms with Crippen LogP contribution < -0.4 is 0 Å². The average molecular weight is 301 g/mol. The van der Waals surface area contributed by atoms with Crippen LogP contribution in [0.5, 0.6) is 0 Å². The summed E-state index contributed by atoms with van der Waals surface area (Å²) >= 11 is 4.43. The minimum atomic E-state index is -0.0900. The highest BCUT2D eigenvalue weighted by Gasteiger charge is 2.20. The quantitative estimate of drug-likeness (QED) is 0.812. The fraction of sp³-hybridized carbons (Fsp3) is 0.333. The van der Waals surface area contributed by atoms with Crippen molar-refractivity contribution in [1.29, 1.82) is 0 Å². The summed E-state index contributed by atoms with van der Waals surface area (Å²) in [6.45, 7) is 2.76.